The van der Waals surface area contributed by atoms with Gasteiger partial charge < -0.3 is 15.0 Å². The molecule has 2 unspecified atom stereocenters. The Balaban J connectivity index is 2.00. The van der Waals surface area contributed by atoms with Crippen molar-refractivity contribution >= 4 is 23.7 Å². The summed E-state index contributed by atoms with van der Waals surface area (Å²) in [5, 5.41) is 2.62. The van der Waals surface area contributed by atoms with Crippen molar-refractivity contribution in [1.29, 1.82) is 0 Å². The molecular formula is C19H19FN2O3. The largest absolute Gasteiger partial charge is 0.486 e. The van der Waals surface area contributed by atoms with Crippen molar-refractivity contribution in [3.8, 4) is 5.75 Å². The van der Waals surface area contributed by atoms with Gasteiger partial charge in [0.25, 0.3) is 0 Å². The van der Waals surface area contributed by atoms with Gasteiger partial charge in [0.1, 0.15) is 17.7 Å². The third kappa shape index (κ3) is 3.47. The summed E-state index contributed by atoms with van der Waals surface area (Å²) >= 11 is 0. The molecule has 0 radical (unpaired) electrons. The summed E-state index contributed by atoms with van der Waals surface area (Å²) in [5.74, 6) is 0.171. The van der Waals surface area contributed by atoms with Crippen molar-refractivity contribution in [1.82, 2.24) is 0 Å². The van der Waals surface area contributed by atoms with Crippen molar-refractivity contribution in [2.24, 2.45) is 0 Å². The minimum absolute atomic E-state index is 0.0414. The molecule has 1 N–H and O–H groups in total. The number of carbonyl (C=O) groups excluding carboxylic acids is 2. The molecule has 2 atom stereocenters. The van der Waals surface area contributed by atoms with Gasteiger partial charge in [-0.15, -0.1) is 0 Å². The van der Waals surface area contributed by atoms with E-state index in [2.05, 4.69) is 5.32 Å². The highest BCUT2D eigenvalue weighted by molar-refractivity contribution is 5.94. The molecule has 0 saturated carbocycles. The fourth-order valence-corrected chi connectivity index (χ4v) is 3.24. The number of benzene rings is 2. The number of anilines is 2. The Morgan fingerprint density at radius 2 is 2.00 bits per heavy atom. The van der Waals surface area contributed by atoms with Crippen LogP contribution in [0, 0.1) is 5.82 Å². The Bertz CT molecular complexity index is 792. The van der Waals surface area contributed by atoms with E-state index >= 15 is 0 Å². The minimum atomic E-state index is -0.329. The molecule has 25 heavy (non-hydrogen) atoms. The molecule has 2 aromatic rings. The number of nitrogens with zero attached hydrogens (tertiary/aromatic N) is 1. The van der Waals surface area contributed by atoms with Gasteiger partial charge in [0.2, 0.25) is 12.3 Å². The van der Waals surface area contributed by atoms with Gasteiger partial charge >= 0.3 is 0 Å². The second kappa shape index (κ2) is 6.93. The molecule has 6 heteroatoms. The highest BCUT2D eigenvalue weighted by Gasteiger charge is 2.33. The lowest BCUT2D eigenvalue weighted by molar-refractivity contribution is -0.117. The summed E-state index contributed by atoms with van der Waals surface area (Å²) in [6, 6.07) is 11.1. The zero-order valence-electron chi connectivity index (χ0n) is 14.0. The first-order valence-corrected chi connectivity index (χ1v) is 8.05. The Kier molecular flexibility index (Phi) is 4.70. The van der Waals surface area contributed by atoms with E-state index in [9.17, 15) is 14.0 Å². The Hall–Kier alpha value is -2.89. The quantitative estimate of drug-likeness (QED) is 0.863. The number of hydrogen-bond acceptors (Lipinski definition) is 3. The van der Waals surface area contributed by atoms with E-state index in [0.717, 1.165) is 11.3 Å². The smallest absolute Gasteiger partial charge is 0.224 e. The van der Waals surface area contributed by atoms with Crippen LogP contribution in [-0.2, 0) is 9.59 Å². The van der Waals surface area contributed by atoms with Gasteiger partial charge in [0, 0.05) is 30.6 Å². The predicted octanol–water partition coefficient (Wildman–Crippen LogP) is 3.66. The second-order valence-electron chi connectivity index (χ2n) is 6.07. The molecule has 0 aliphatic carbocycles. The molecule has 1 aliphatic rings. The first-order chi connectivity index (χ1) is 12.0. The molecule has 130 valence electrons. The van der Waals surface area contributed by atoms with Gasteiger partial charge in [0.15, 0.2) is 0 Å². The van der Waals surface area contributed by atoms with Crippen molar-refractivity contribution in [3.05, 3.63) is 53.8 Å². The van der Waals surface area contributed by atoms with Crippen molar-refractivity contribution in [2.75, 3.05) is 10.2 Å². The number of hydrogen-bond donors (Lipinski definition) is 1. The molecule has 0 saturated heterocycles. The monoisotopic (exact) mass is 342 g/mol. The average molecular weight is 342 g/mol. The summed E-state index contributed by atoms with van der Waals surface area (Å²) in [4.78, 5) is 24.5. The molecule has 2 amide bonds. The van der Waals surface area contributed by atoms with Crippen LogP contribution in [0.4, 0.5) is 15.8 Å². The van der Waals surface area contributed by atoms with Gasteiger partial charge in [-0.25, -0.2) is 4.39 Å². The van der Waals surface area contributed by atoms with Crippen LogP contribution in [0.25, 0.3) is 0 Å². The summed E-state index contributed by atoms with van der Waals surface area (Å²) in [6.07, 6.45) is 0.889. The minimum Gasteiger partial charge on any atom is -0.486 e. The lowest BCUT2D eigenvalue weighted by atomic mass is 9.93. The Morgan fingerprint density at radius 1 is 1.28 bits per heavy atom. The number of amides is 2. The molecule has 0 aromatic heterocycles. The van der Waals surface area contributed by atoms with E-state index in [1.807, 2.05) is 6.92 Å². The van der Waals surface area contributed by atoms with Gasteiger partial charge in [-0.3, -0.25) is 9.59 Å². The van der Waals surface area contributed by atoms with Gasteiger partial charge in [-0.1, -0.05) is 0 Å². The van der Waals surface area contributed by atoms with Gasteiger partial charge in [-0.05, 0) is 49.4 Å². The fourth-order valence-electron chi connectivity index (χ4n) is 3.24. The number of carbonyl (C=O) groups is 2. The third-order valence-corrected chi connectivity index (χ3v) is 4.29. The molecule has 5 nitrogen and oxygen atoms in total. The first kappa shape index (κ1) is 17.0. The Morgan fingerprint density at radius 3 is 2.64 bits per heavy atom. The van der Waals surface area contributed by atoms with E-state index in [-0.39, 0.29) is 23.9 Å². The maximum Gasteiger partial charge on any atom is 0.224 e. The van der Waals surface area contributed by atoms with E-state index in [1.165, 1.54) is 19.1 Å². The fraction of sp³-hybridized carbons (Fsp3) is 0.263. The van der Waals surface area contributed by atoms with Gasteiger partial charge in [-0.2, -0.15) is 0 Å². The lowest BCUT2D eigenvalue weighted by Gasteiger charge is -2.39. The molecule has 2 aromatic carbocycles. The molecule has 0 spiro atoms. The van der Waals surface area contributed by atoms with Crippen LogP contribution in [0.15, 0.2) is 42.5 Å². The van der Waals surface area contributed by atoms with Crippen LogP contribution in [0.2, 0.25) is 0 Å². The standard InChI is InChI=1S/C19H19FN2O3/c1-12-9-19(25-16-6-3-14(20)4-7-16)17-10-15(21-11-23)5-8-18(17)22(12)13(2)24/h3-8,10-12,19H,9H2,1-2H3,(H,21,23). The van der Waals surface area contributed by atoms with Crippen molar-refractivity contribution in [2.45, 2.75) is 32.4 Å². The number of rotatable bonds is 4. The normalized spacial score (nSPS) is 19.1. The van der Waals surface area contributed by atoms with Crippen LogP contribution in [0.3, 0.4) is 0 Å². The highest BCUT2D eigenvalue weighted by Crippen LogP contribution is 2.41. The van der Waals surface area contributed by atoms with Crippen molar-refractivity contribution in [3.63, 3.8) is 0 Å². The summed E-state index contributed by atoms with van der Waals surface area (Å²) in [5.41, 5.74) is 2.19. The topological polar surface area (TPSA) is 58.6 Å². The molecule has 3 rings (SSSR count). The van der Waals surface area contributed by atoms with Crippen LogP contribution >= 0.6 is 0 Å². The second-order valence-corrected chi connectivity index (χ2v) is 6.07. The zero-order valence-corrected chi connectivity index (χ0v) is 14.0. The van der Waals surface area contributed by atoms with Gasteiger partial charge in [0.05, 0.1) is 5.69 Å². The Labute approximate surface area is 145 Å². The van der Waals surface area contributed by atoms with E-state index < -0.39 is 0 Å². The zero-order chi connectivity index (χ0) is 18.0. The first-order valence-electron chi connectivity index (χ1n) is 8.05. The van der Waals surface area contributed by atoms with Crippen LogP contribution in [0.5, 0.6) is 5.75 Å². The summed E-state index contributed by atoms with van der Waals surface area (Å²) < 4.78 is 19.2. The molecule has 1 aliphatic heterocycles. The van der Waals surface area contributed by atoms with E-state index in [1.54, 1.807) is 35.2 Å². The number of halogens is 1. The summed E-state index contributed by atoms with van der Waals surface area (Å²) in [6.45, 7) is 3.49. The predicted molar refractivity (Wildman–Crippen MR) is 93.1 cm³/mol. The van der Waals surface area contributed by atoms with Crippen molar-refractivity contribution < 1.29 is 18.7 Å². The number of nitrogens with one attached hydrogen (secondary N) is 1. The summed E-state index contributed by atoms with van der Waals surface area (Å²) in [7, 11) is 0. The molecular weight excluding hydrogens is 323 g/mol. The molecule has 1 heterocycles. The van der Waals surface area contributed by atoms with Crippen LogP contribution < -0.4 is 15.0 Å². The van der Waals surface area contributed by atoms with Crippen LogP contribution in [0.1, 0.15) is 31.9 Å². The third-order valence-electron chi connectivity index (χ3n) is 4.29. The SMILES string of the molecule is CC(=O)N1c2ccc(NC=O)cc2C(Oc2ccc(F)cc2)CC1C. The lowest BCUT2D eigenvalue weighted by Crippen LogP contribution is -2.42. The number of fused-ring (bicyclic) bond motifs is 1. The molecule has 0 bridgehead atoms. The highest BCUT2D eigenvalue weighted by atomic mass is 19.1. The molecule has 0 fully saturated rings. The van der Waals surface area contributed by atoms with E-state index in [0.29, 0.717) is 24.3 Å². The van der Waals surface area contributed by atoms with E-state index in [4.69, 9.17) is 4.74 Å². The van der Waals surface area contributed by atoms with Crippen LogP contribution in [-0.4, -0.2) is 18.4 Å². The maximum absolute atomic E-state index is 13.1. The maximum atomic E-state index is 13.1. The number of ether oxygens (including phenoxy) is 1. The average Bonchev–Trinajstić information content (AvgIpc) is 2.57.